The molecule has 0 aromatic heterocycles. The van der Waals surface area contributed by atoms with E-state index in [0.29, 0.717) is 29.7 Å². The number of carbonyl (C=O) groups excluding carboxylic acids is 3. The summed E-state index contributed by atoms with van der Waals surface area (Å²) in [4.78, 5) is 62.2. The molecule has 0 unspecified atom stereocenters. The van der Waals surface area contributed by atoms with Crippen LogP contribution in [0.5, 0.6) is 0 Å². The van der Waals surface area contributed by atoms with Crippen molar-refractivity contribution in [3.05, 3.63) is 109 Å². The summed E-state index contributed by atoms with van der Waals surface area (Å²) in [5.41, 5.74) is 0.853. The van der Waals surface area contributed by atoms with Crippen molar-refractivity contribution in [3.8, 4) is 0 Å². The number of amides is 3. The number of nitro benzene ring substituents is 2. The highest BCUT2D eigenvalue weighted by atomic mass is 16.6. The van der Waals surface area contributed by atoms with Gasteiger partial charge in [-0.05, 0) is 44.0 Å². The zero-order valence-corrected chi connectivity index (χ0v) is 19.8. The molecule has 1 aliphatic heterocycles. The maximum Gasteiger partial charge on any atom is 0.277 e. The highest BCUT2D eigenvalue weighted by molar-refractivity contribution is 6.21. The number of nitrogens with zero attached hydrogens (tertiary/aromatic N) is 4. The Kier molecular flexibility index (Phi) is 7.05. The minimum atomic E-state index is -0.790. The second-order valence-corrected chi connectivity index (χ2v) is 8.56. The molecule has 0 saturated heterocycles. The number of rotatable bonds is 9. The second kappa shape index (κ2) is 10.4. The summed E-state index contributed by atoms with van der Waals surface area (Å²) in [6, 6.07) is 16.4. The van der Waals surface area contributed by atoms with E-state index < -0.39 is 27.1 Å². The number of nitro groups is 2. The van der Waals surface area contributed by atoms with Gasteiger partial charge in [-0.1, -0.05) is 29.8 Å². The summed E-state index contributed by atoms with van der Waals surface area (Å²) in [5.74, 6) is -1.37. The lowest BCUT2D eigenvalue weighted by atomic mass is 10.1. The molecule has 0 atom stereocenters. The Morgan fingerprint density at radius 2 is 1.38 bits per heavy atom. The Labute approximate surface area is 211 Å². The van der Waals surface area contributed by atoms with Gasteiger partial charge in [0.25, 0.3) is 29.1 Å². The van der Waals surface area contributed by atoms with Gasteiger partial charge in [0.05, 0.1) is 32.6 Å². The smallest absolute Gasteiger partial charge is 0.277 e. The molecule has 0 saturated carbocycles. The summed E-state index contributed by atoms with van der Waals surface area (Å²) in [5, 5.41) is 22.6. The summed E-state index contributed by atoms with van der Waals surface area (Å²) in [6.45, 7) is 2.19. The molecule has 0 radical (unpaired) electrons. The first-order valence-electron chi connectivity index (χ1n) is 11.4. The summed E-state index contributed by atoms with van der Waals surface area (Å²) < 4.78 is 0. The maximum atomic E-state index is 13.4. The molecule has 0 spiro atoms. The van der Waals surface area contributed by atoms with Gasteiger partial charge in [-0.3, -0.25) is 39.5 Å². The van der Waals surface area contributed by atoms with Gasteiger partial charge in [0.1, 0.15) is 0 Å². The van der Waals surface area contributed by atoms with Gasteiger partial charge in [0.2, 0.25) is 0 Å². The van der Waals surface area contributed by atoms with Crippen molar-refractivity contribution in [2.45, 2.75) is 19.8 Å². The Morgan fingerprint density at radius 1 is 0.838 bits per heavy atom. The van der Waals surface area contributed by atoms with E-state index in [1.165, 1.54) is 9.80 Å². The number of hydrogen-bond donors (Lipinski definition) is 0. The molecule has 0 bridgehead atoms. The van der Waals surface area contributed by atoms with Crippen LogP contribution in [-0.2, 0) is 0 Å². The number of benzene rings is 3. The number of unbranched alkanes of at least 4 members (excludes halogenated alkanes) is 1. The molecular formula is C26H22N4O7. The van der Waals surface area contributed by atoms with E-state index in [2.05, 4.69) is 0 Å². The predicted octanol–water partition coefficient (Wildman–Crippen LogP) is 4.53. The molecular weight excluding hydrogens is 480 g/mol. The summed E-state index contributed by atoms with van der Waals surface area (Å²) >= 11 is 0. The molecule has 0 fully saturated rings. The Hall–Kier alpha value is -4.93. The van der Waals surface area contributed by atoms with E-state index in [0.717, 1.165) is 23.8 Å². The van der Waals surface area contributed by atoms with Gasteiger partial charge < -0.3 is 4.90 Å². The van der Waals surface area contributed by atoms with E-state index in [4.69, 9.17) is 0 Å². The van der Waals surface area contributed by atoms with E-state index in [-0.39, 0.29) is 30.5 Å². The number of aryl methyl sites for hydroxylation is 1. The van der Waals surface area contributed by atoms with Crippen molar-refractivity contribution < 1.29 is 24.2 Å². The summed E-state index contributed by atoms with van der Waals surface area (Å²) in [7, 11) is 0. The average Bonchev–Trinajstić information content (AvgIpc) is 3.13. The van der Waals surface area contributed by atoms with Gasteiger partial charge in [0.15, 0.2) is 0 Å². The number of fused-ring (bicyclic) bond motifs is 1. The van der Waals surface area contributed by atoms with Crippen LogP contribution in [0.4, 0.5) is 17.1 Å². The number of carbonyl (C=O) groups is 3. The van der Waals surface area contributed by atoms with Crippen molar-refractivity contribution in [2.75, 3.05) is 18.0 Å². The van der Waals surface area contributed by atoms with Crippen molar-refractivity contribution in [3.63, 3.8) is 0 Å². The van der Waals surface area contributed by atoms with Crippen molar-refractivity contribution >= 4 is 34.8 Å². The molecule has 11 heteroatoms. The molecule has 3 amide bonds. The molecule has 11 nitrogen and oxygen atoms in total. The van der Waals surface area contributed by atoms with Crippen LogP contribution in [0.3, 0.4) is 0 Å². The highest BCUT2D eigenvalue weighted by Gasteiger charge is 2.34. The van der Waals surface area contributed by atoms with E-state index in [1.54, 1.807) is 48.5 Å². The third-order valence-corrected chi connectivity index (χ3v) is 6.05. The first kappa shape index (κ1) is 25.2. The predicted molar refractivity (Wildman–Crippen MR) is 134 cm³/mol. The average molecular weight is 502 g/mol. The largest absolute Gasteiger partial charge is 0.308 e. The number of anilines is 1. The van der Waals surface area contributed by atoms with E-state index in [1.807, 2.05) is 6.92 Å². The molecule has 188 valence electrons. The fourth-order valence-corrected chi connectivity index (χ4v) is 4.14. The quantitative estimate of drug-likeness (QED) is 0.181. The highest BCUT2D eigenvalue weighted by Crippen LogP contribution is 2.27. The molecule has 1 aliphatic rings. The van der Waals surface area contributed by atoms with E-state index >= 15 is 0 Å². The number of imide groups is 1. The molecule has 1 heterocycles. The van der Waals surface area contributed by atoms with Gasteiger partial charge in [0, 0.05) is 30.9 Å². The summed E-state index contributed by atoms with van der Waals surface area (Å²) in [6.07, 6.45) is 0.792. The van der Waals surface area contributed by atoms with E-state index in [9.17, 15) is 34.6 Å². The number of hydrogen-bond acceptors (Lipinski definition) is 7. The number of non-ortho nitro benzene ring substituents is 2. The topological polar surface area (TPSA) is 144 Å². The molecule has 3 aromatic carbocycles. The zero-order valence-electron chi connectivity index (χ0n) is 19.8. The van der Waals surface area contributed by atoms with Crippen molar-refractivity contribution in [1.82, 2.24) is 4.90 Å². The molecule has 37 heavy (non-hydrogen) atoms. The second-order valence-electron chi connectivity index (χ2n) is 8.56. The third kappa shape index (κ3) is 5.20. The van der Waals surface area contributed by atoms with Crippen LogP contribution >= 0.6 is 0 Å². The monoisotopic (exact) mass is 502 g/mol. The van der Waals surface area contributed by atoms with Crippen LogP contribution in [-0.4, -0.2) is 45.6 Å². The van der Waals surface area contributed by atoms with Gasteiger partial charge in [-0.2, -0.15) is 0 Å². The lowest BCUT2D eigenvalue weighted by Gasteiger charge is -2.24. The van der Waals surface area contributed by atoms with Crippen LogP contribution in [0.2, 0.25) is 0 Å². The van der Waals surface area contributed by atoms with Crippen LogP contribution in [0.25, 0.3) is 0 Å². The lowest BCUT2D eigenvalue weighted by molar-refractivity contribution is -0.394. The van der Waals surface area contributed by atoms with Gasteiger partial charge in [-0.15, -0.1) is 0 Å². The maximum absolute atomic E-state index is 13.4. The fourth-order valence-electron chi connectivity index (χ4n) is 4.14. The van der Waals surface area contributed by atoms with Crippen molar-refractivity contribution in [2.24, 2.45) is 0 Å². The standard InChI is InChI=1S/C26H22N4O7/c1-17-8-10-19(11-9-17)27(24(31)18-14-20(29(34)35)16-21(15-18)30(36)37)12-4-5-13-28-25(32)22-6-2-3-7-23(22)26(28)33/h2-3,6-11,14-16H,4-5,12-13H2,1H3. The Bertz CT molecular complexity index is 1350. The van der Waals surface area contributed by atoms with Crippen LogP contribution in [0, 0.1) is 27.2 Å². The zero-order chi connectivity index (χ0) is 26.7. The lowest BCUT2D eigenvalue weighted by Crippen LogP contribution is -2.34. The normalized spacial score (nSPS) is 12.4. The fraction of sp³-hybridized carbons (Fsp3) is 0.192. The van der Waals surface area contributed by atoms with Gasteiger partial charge >= 0.3 is 0 Å². The Balaban J connectivity index is 1.53. The molecule has 0 N–H and O–H groups in total. The SMILES string of the molecule is Cc1ccc(N(CCCCN2C(=O)c3ccccc3C2=O)C(=O)c2cc([N+](=O)[O-])cc([N+](=O)[O-])c2)cc1. The Morgan fingerprint density at radius 3 is 1.89 bits per heavy atom. The first-order valence-corrected chi connectivity index (χ1v) is 11.4. The minimum absolute atomic E-state index is 0.154. The van der Waals surface area contributed by atoms with Crippen LogP contribution in [0.15, 0.2) is 66.7 Å². The van der Waals surface area contributed by atoms with Gasteiger partial charge in [-0.25, -0.2) is 0 Å². The molecule has 3 aromatic rings. The van der Waals surface area contributed by atoms with Crippen LogP contribution < -0.4 is 4.90 Å². The molecule has 0 aliphatic carbocycles. The molecule has 4 rings (SSSR count). The van der Waals surface area contributed by atoms with Crippen molar-refractivity contribution in [1.29, 1.82) is 0 Å². The third-order valence-electron chi connectivity index (χ3n) is 6.05. The van der Waals surface area contributed by atoms with Crippen LogP contribution in [0.1, 0.15) is 49.5 Å². The minimum Gasteiger partial charge on any atom is -0.308 e. The first-order chi connectivity index (χ1) is 17.7.